The smallest absolute Gasteiger partial charge is 0.138 e. The van der Waals surface area contributed by atoms with Gasteiger partial charge in [0.25, 0.3) is 0 Å². The van der Waals surface area contributed by atoms with E-state index in [1.54, 1.807) is 11.0 Å². The molecular formula is C13H12N4. The van der Waals surface area contributed by atoms with Crippen LogP contribution >= 0.6 is 0 Å². The molecule has 0 N–H and O–H groups in total. The molecule has 0 amide bonds. The Kier molecular flexibility index (Phi) is 2.26. The van der Waals surface area contributed by atoms with Crippen LogP contribution in [0.4, 0.5) is 0 Å². The first-order chi connectivity index (χ1) is 8.33. The van der Waals surface area contributed by atoms with E-state index in [4.69, 9.17) is 0 Å². The van der Waals surface area contributed by atoms with Crippen molar-refractivity contribution in [1.82, 2.24) is 19.3 Å². The van der Waals surface area contributed by atoms with Crippen molar-refractivity contribution < 1.29 is 0 Å². The summed E-state index contributed by atoms with van der Waals surface area (Å²) < 4.78 is 3.81. The van der Waals surface area contributed by atoms with Crippen molar-refractivity contribution in [3.05, 3.63) is 60.9 Å². The Morgan fingerprint density at radius 1 is 1.00 bits per heavy atom. The Bertz CT molecular complexity index is 605. The Labute approximate surface area is 99.2 Å². The van der Waals surface area contributed by atoms with Gasteiger partial charge in [0, 0.05) is 18.1 Å². The maximum absolute atomic E-state index is 4.10. The fourth-order valence-electron chi connectivity index (χ4n) is 1.74. The summed E-state index contributed by atoms with van der Waals surface area (Å²) in [5.41, 5.74) is 3.41. The molecule has 0 atom stereocenters. The Morgan fingerprint density at radius 3 is 2.53 bits per heavy atom. The lowest BCUT2D eigenvalue weighted by atomic mass is 10.2. The van der Waals surface area contributed by atoms with Gasteiger partial charge < -0.3 is 4.57 Å². The average Bonchev–Trinajstić information content (AvgIpc) is 3.00. The number of benzene rings is 1. The van der Waals surface area contributed by atoms with E-state index in [9.17, 15) is 0 Å². The summed E-state index contributed by atoms with van der Waals surface area (Å²) in [5.74, 6) is 0. The van der Waals surface area contributed by atoms with Crippen molar-refractivity contribution in [3.63, 3.8) is 0 Å². The van der Waals surface area contributed by atoms with Crippen molar-refractivity contribution in [2.45, 2.75) is 6.92 Å². The highest BCUT2D eigenvalue weighted by atomic mass is 15.3. The third kappa shape index (κ3) is 1.85. The van der Waals surface area contributed by atoms with E-state index in [0.29, 0.717) is 0 Å². The monoisotopic (exact) mass is 224 g/mol. The lowest BCUT2D eigenvalue weighted by molar-refractivity contribution is 0.876. The maximum Gasteiger partial charge on any atom is 0.138 e. The zero-order valence-corrected chi connectivity index (χ0v) is 9.49. The second-order valence-electron chi connectivity index (χ2n) is 3.95. The van der Waals surface area contributed by atoms with Crippen LogP contribution in [0.2, 0.25) is 0 Å². The molecule has 0 unspecified atom stereocenters. The Hall–Kier alpha value is -2.36. The Morgan fingerprint density at radius 2 is 1.82 bits per heavy atom. The van der Waals surface area contributed by atoms with Gasteiger partial charge in [0.15, 0.2) is 0 Å². The summed E-state index contributed by atoms with van der Waals surface area (Å²) in [6.07, 6.45) is 7.26. The van der Waals surface area contributed by atoms with Gasteiger partial charge in [-0.2, -0.15) is 5.10 Å². The predicted octanol–water partition coefficient (Wildman–Crippen LogP) is 2.37. The van der Waals surface area contributed by atoms with Crippen LogP contribution in [0.3, 0.4) is 0 Å². The molecule has 0 aliphatic heterocycles. The van der Waals surface area contributed by atoms with Gasteiger partial charge in [-0.1, -0.05) is 17.7 Å². The molecule has 3 aromatic rings. The highest BCUT2D eigenvalue weighted by Crippen LogP contribution is 2.13. The maximum atomic E-state index is 4.10. The van der Waals surface area contributed by atoms with E-state index in [1.807, 2.05) is 18.5 Å². The van der Waals surface area contributed by atoms with Gasteiger partial charge in [-0.05, 0) is 25.1 Å². The third-order valence-corrected chi connectivity index (χ3v) is 2.69. The topological polar surface area (TPSA) is 35.6 Å². The van der Waals surface area contributed by atoms with Crippen molar-refractivity contribution in [3.8, 4) is 11.4 Å². The zero-order chi connectivity index (χ0) is 11.7. The first-order valence-corrected chi connectivity index (χ1v) is 5.43. The molecule has 0 aliphatic rings. The van der Waals surface area contributed by atoms with Crippen LogP contribution in [0.25, 0.3) is 11.4 Å². The fraction of sp³-hybridized carbons (Fsp3) is 0.0769. The first-order valence-electron chi connectivity index (χ1n) is 5.43. The second kappa shape index (κ2) is 3.90. The highest BCUT2D eigenvalue weighted by Gasteiger charge is 2.01. The lowest BCUT2D eigenvalue weighted by Crippen LogP contribution is -1.93. The molecule has 0 fully saturated rings. The van der Waals surface area contributed by atoms with Gasteiger partial charge >= 0.3 is 0 Å². The Balaban J connectivity index is 1.98. The van der Waals surface area contributed by atoms with Gasteiger partial charge in [-0.3, -0.25) is 0 Å². The predicted molar refractivity (Wildman–Crippen MR) is 65.4 cm³/mol. The van der Waals surface area contributed by atoms with E-state index in [0.717, 1.165) is 11.4 Å². The minimum absolute atomic E-state index is 1.00. The molecule has 3 rings (SSSR count). The molecule has 2 aromatic heterocycles. The number of aryl methyl sites for hydroxylation is 1. The SMILES string of the molecule is Cc1ccc(-n2ccc(-n3cncn3)c2)cc1. The van der Waals surface area contributed by atoms with Crippen LogP contribution in [-0.4, -0.2) is 19.3 Å². The van der Waals surface area contributed by atoms with Crippen LogP contribution in [0.15, 0.2) is 55.4 Å². The zero-order valence-electron chi connectivity index (χ0n) is 9.49. The molecule has 4 heteroatoms. The van der Waals surface area contributed by atoms with E-state index in [-0.39, 0.29) is 0 Å². The molecule has 1 aromatic carbocycles. The summed E-state index contributed by atoms with van der Waals surface area (Å²) in [5, 5.41) is 4.10. The van der Waals surface area contributed by atoms with Crippen molar-refractivity contribution in [1.29, 1.82) is 0 Å². The molecule has 0 aliphatic carbocycles. The fourth-order valence-corrected chi connectivity index (χ4v) is 1.74. The minimum atomic E-state index is 1.00. The summed E-state index contributed by atoms with van der Waals surface area (Å²) >= 11 is 0. The summed E-state index contributed by atoms with van der Waals surface area (Å²) in [6.45, 7) is 2.08. The van der Waals surface area contributed by atoms with Crippen molar-refractivity contribution in [2.75, 3.05) is 0 Å². The molecule has 17 heavy (non-hydrogen) atoms. The molecule has 0 saturated heterocycles. The van der Waals surface area contributed by atoms with Gasteiger partial charge in [0.1, 0.15) is 12.7 Å². The highest BCUT2D eigenvalue weighted by molar-refractivity contribution is 5.39. The van der Waals surface area contributed by atoms with E-state index in [1.165, 1.54) is 11.9 Å². The van der Waals surface area contributed by atoms with Crippen LogP contribution in [-0.2, 0) is 0 Å². The molecule has 0 radical (unpaired) electrons. The van der Waals surface area contributed by atoms with Crippen molar-refractivity contribution >= 4 is 0 Å². The number of hydrogen-bond acceptors (Lipinski definition) is 2. The summed E-state index contributed by atoms with van der Waals surface area (Å²) in [6, 6.07) is 10.4. The quantitative estimate of drug-likeness (QED) is 0.670. The van der Waals surface area contributed by atoms with Gasteiger partial charge in [-0.15, -0.1) is 0 Å². The van der Waals surface area contributed by atoms with Gasteiger partial charge in [0.05, 0.1) is 5.69 Å². The summed E-state index contributed by atoms with van der Waals surface area (Å²) in [4.78, 5) is 3.93. The van der Waals surface area contributed by atoms with Crippen LogP contribution in [0.5, 0.6) is 0 Å². The molecule has 2 heterocycles. The molecule has 4 nitrogen and oxygen atoms in total. The number of nitrogens with zero attached hydrogens (tertiary/aromatic N) is 4. The standard InChI is InChI=1S/C13H12N4/c1-11-2-4-12(5-3-11)16-7-6-13(8-16)17-10-14-9-15-17/h2-10H,1H3. The third-order valence-electron chi connectivity index (χ3n) is 2.69. The van der Waals surface area contributed by atoms with Crippen LogP contribution < -0.4 is 0 Å². The van der Waals surface area contributed by atoms with E-state index < -0.39 is 0 Å². The molecule has 84 valence electrons. The van der Waals surface area contributed by atoms with Crippen molar-refractivity contribution in [2.24, 2.45) is 0 Å². The number of rotatable bonds is 2. The minimum Gasteiger partial charge on any atom is -0.322 e. The van der Waals surface area contributed by atoms with E-state index in [2.05, 4.69) is 45.8 Å². The average molecular weight is 224 g/mol. The van der Waals surface area contributed by atoms with Crippen LogP contribution in [0.1, 0.15) is 5.56 Å². The molecule has 0 spiro atoms. The lowest BCUT2D eigenvalue weighted by Gasteiger charge is -2.02. The molecule has 0 bridgehead atoms. The van der Waals surface area contributed by atoms with E-state index >= 15 is 0 Å². The van der Waals surface area contributed by atoms with Gasteiger partial charge in [-0.25, -0.2) is 9.67 Å². The summed E-state index contributed by atoms with van der Waals surface area (Å²) in [7, 11) is 0. The normalized spacial score (nSPS) is 10.6. The first kappa shape index (κ1) is 9.84. The number of hydrogen-bond donors (Lipinski definition) is 0. The largest absolute Gasteiger partial charge is 0.322 e. The number of aromatic nitrogens is 4. The molecule has 0 saturated carbocycles. The molecular weight excluding hydrogens is 212 g/mol. The second-order valence-corrected chi connectivity index (χ2v) is 3.95. The van der Waals surface area contributed by atoms with Crippen LogP contribution in [0, 0.1) is 6.92 Å². The van der Waals surface area contributed by atoms with Gasteiger partial charge in [0.2, 0.25) is 0 Å².